The summed E-state index contributed by atoms with van der Waals surface area (Å²) in [6.45, 7) is 12.0. The fourth-order valence-corrected chi connectivity index (χ4v) is 4.13. The van der Waals surface area contributed by atoms with E-state index in [0.717, 1.165) is 28.2 Å². The SMILES string of the molecule is C=C(C)CN1C(=O)C2C(N=C3N(c4ccccc4C)C(C)=C(C)N32)N(C)C1=O. The van der Waals surface area contributed by atoms with Crippen LogP contribution in [0.4, 0.5) is 10.5 Å². The second kappa shape index (κ2) is 6.22. The van der Waals surface area contributed by atoms with Crippen LogP contribution in [0.15, 0.2) is 52.8 Å². The number of aryl methyl sites for hydroxylation is 1. The van der Waals surface area contributed by atoms with Gasteiger partial charge in [0.25, 0.3) is 5.91 Å². The number of allylic oxidation sites excluding steroid dienone is 2. The number of amides is 3. The lowest BCUT2D eigenvalue weighted by atomic mass is 10.1. The lowest BCUT2D eigenvalue weighted by Gasteiger charge is -2.40. The Balaban J connectivity index is 1.79. The minimum Gasteiger partial charge on any atom is -0.302 e. The van der Waals surface area contributed by atoms with Crippen molar-refractivity contribution < 1.29 is 9.59 Å². The lowest BCUT2D eigenvalue weighted by molar-refractivity contribution is -0.136. The molecule has 1 saturated heterocycles. The first kappa shape index (κ1) is 18.3. The molecule has 28 heavy (non-hydrogen) atoms. The number of para-hydroxylation sites is 1. The van der Waals surface area contributed by atoms with E-state index in [-0.39, 0.29) is 18.5 Å². The predicted molar refractivity (Wildman–Crippen MR) is 109 cm³/mol. The number of urea groups is 1. The Morgan fingerprint density at radius 1 is 1.14 bits per heavy atom. The highest BCUT2D eigenvalue weighted by atomic mass is 16.2. The molecular formula is C21H25N5O2. The van der Waals surface area contributed by atoms with Crippen LogP contribution in [0, 0.1) is 6.92 Å². The number of aliphatic imine (C=N–C) groups is 1. The Kier molecular flexibility index (Phi) is 4.06. The molecule has 0 aliphatic carbocycles. The summed E-state index contributed by atoms with van der Waals surface area (Å²) >= 11 is 0. The van der Waals surface area contributed by atoms with E-state index in [1.807, 2.05) is 43.9 Å². The Morgan fingerprint density at radius 2 is 1.82 bits per heavy atom. The first-order valence-electron chi connectivity index (χ1n) is 9.37. The minimum atomic E-state index is -0.555. The Hall–Kier alpha value is -3.09. The van der Waals surface area contributed by atoms with Gasteiger partial charge in [-0.05, 0) is 39.3 Å². The minimum absolute atomic E-state index is 0.220. The van der Waals surface area contributed by atoms with E-state index in [4.69, 9.17) is 4.99 Å². The number of carbonyl (C=O) groups excluding carboxylic acids is 2. The molecule has 3 aliphatic rings. The van der Waals surface area contributed by atoms with Crippen molar-refractivity contribution in [3.05, 3.63) is 53.4 Å². The Bertz CT molecular complexity index is 963. The second-order valence-electron chi connectivity index (χ2n) is 7.73. The molecule has 3 aliphatic heterocycles. The zero-order valence-electron chi connectivity index (χ0n) is 16.9. The molecule has 0 aromatic heterocycles. The molecule has 0 bridgehead atoms. The summed E-state index contributed by atoms with van der Waals surface area (Å²) in [7, 11) is 1.70. The molecule has 2 atom stereocenters. The normalized spacial score (nSPS) is 24.1. The van der Waals surface area contributed by atoms with Crippen LogP contribution in [-0.4, -0.2) is 58.4 Å². The number of benzene rings is 1. The molecule has 1 aromatic rings. The van der Waals surface area contributed by atoms with Gasteiger partial charge < -0.3 is 4.90 Å². The van der Waals surface area contributed by atoms with Gasteiger partial charge in [0, 0.05) is 18.4 Å². The van der Waals surface area contributed by atoms with Gasteiger partial charge in [-0.2, -0.15) is 0 Å². The highest BCUT2D eigenvalue weighted by molar-refractivity contribution is 6.10. The molecule has 4 rings (SSSR count). The monoisotopic (exact) mass is 379 g/mol. The molecule has 3 amide bonds. The number of imide groups is 1. The average molecular weight is 379 g/mol. The van der Waals surface area contributed by atoms with Crippen molar-refractivity contribution in [2.75, 3.05) is 18.5 Å². The summed E-state index contributed by atoms with van der Waals surface area (Å²) < 4.78 is 0. The average Bonchev–Trinajstić information content (AvgIpc) is 3.14. The number of anilines is 1. The quantitative estimate of drug-likeness (QED) is 0.758. The van der Waals surface area contributed by atoms with Crippen molar-refractivity contribution in [1.82, 2.24) is 14.7 Å². The van der Waals surface area contributed by atoms with E-state index in [1.54, 1.807) is 11.9 Å². The van der Waals surface area contributed by atoms with Crippen LogP contribution in [-0.2, 0) is 4.79 Å². The van der Waals surface area contributed by atoms with Crippen LogP contribution in [0.1, 0.15) is 26.3 Å². The van der Waals surface area contributed by atoms with E-state index in [0.29, 0.717) is 5.96 Å². The Morgan fingerprint density at radius 3 is 2.46 bits per heavy atom. The van der Waals surface area contributed by atoms with Gasteiger partial charge in [0.15, 0.2) is 12.2 Å². The van der Waals surface area contributed by atoms with Crippen molar-refractivity contribution >= 4 is 23.6 Å². The Labute approximate surface area is 165 Å². The van der Waals surface area contributed by atoms with Crippen molar-refractivity contribution in [3.63, 3.8) is 0 Å². The highest BCUT2D eigenvalue weighted by Gasteiger charge is 2.55. The topological polar surface area (TPSA) is 59.5 Å². The first-order chi connectivity index (χ1) is 13.2. The van der Waals surface area contributed by atoms with Gasteiger partial charge in [0.1, 0.15) is 0 Å². The van der Waals surface area contributed by atoms with E-state index >= 15 is 0 Å². The number of rotatable bonds is 3. The molecule has 0 spiro atoms. The summed E-state index contributed by atoms with van der Waals surface area (Å²) in [5.74, 6) is 0.470. The summed E-state index contributed by atoms with van der Waals surface area (Å²) in [5.41, 5.74) is 4.92. The van der Waals surface area contributed by atoms with Crippen molar-refractivity contribution in [2.24, 2.45) is 4.99 Å². The molecule has 7 nitrogen and oxygen atoms in total. The largest absolute Gasteiger partial charge is 0.328 e. The number of carbonyl (C=O) groups is 2. The lowest BCUT2D eigenvalue weighted by Crippen LogP contribution is -2.64. The zero-order valence-corrected chi connectivity index (χ0v) is 16.9. The van der Waals surface area contributed by atoms with Crippen LogP contribution in [0.5, 0.6) is 0 Å². The molecule has 2 unspecified atom stereocenters. The standard InChI is InChI=1S/C21H25N5O2/c1-12(2)11-24-19(27)17-18(23(6)21(24)28)22-20-25(14(4)15(5)26(17)20)16-10-8-7-9-13(16)3/h7-10,17-18H,1,11H2,2-6H3. The summed E-state index contributed by atoms with van der Waals surface area (Å²) in [4.78, 5) is 37.8. The fraction of sp³-hybridized carbons (Fsp3) is 0.381. The molecule has 0 radical (unpaired) electrons. The van der Waals surface area contributed by atoms with E-state index in [1.165, 1.54) is 4.90 Å². The van der Waals surface area contributed by atoms with E-state index < -0.39 is 12.2 Å². The maximum absolute atomic E-state index is 13.3. The molecule has 7 heteroatoms. The number of hydrogen-bond acceptors (Lipinski definition) is 5. The molecule has 0 saturated carbocycles. The maximum atomic E-state index is 13.3. The van der Waals surface area contributed by atoms with E-state index in [2.05, 4.69) is 24.5 Å². The smallest absolute Gasteiger partial charge is 0.302 e. The zero-order chi connectivity index (χ0) is 20.3. The first-order valence-corrected chi connectivity index (χ1v) is 9.37. The van der Waals surface area contributed by atoms with Crippen molar-refractivity contribution in [1.29, 1.82) is 0 Å². The maximum Gasteiger partial charge on any atom is 0.328 e. The van der Waals surface area contributed by atoms with Gasteiger partial charge in [-0.25, -0.2) is 9.79 Å². The van der Waals surface area contributed by atoms with Gasteiger partial charge in [-0.1, -0.05) is 30.4 Å². The number of nitrogens with zero attached hydrogens (tertiary/aromatic N) is 5. The molecule has 0 N–H and O–H groups in total. The number of guanidine groups is 1. The summed E-state index contributed by atoms with van der Waals surface area (Å²) in [6.07, 6.45) is -0.536. The molecule has 3 heterocycles. The number of fused-ring (bicyclic) bond motifs is 3. The van der Waals surface area contributed by atoms with Gasteiger partial charge >= 0.3 is 6.03 Å². The van der Waals surface area contributed by atoms with Gasteiger partial charge in [-0.15, -0.1) is 0 Å². The third kappa shape index (κ3) is 2.38. The van der Waals surface area contributed by atoms with Crippen LogP contribution in [0.25, 0.3) is 0 Å². The van der Waals surface area contributed by atoms with Crippen molar-refractivity contribution in [2.45, 2.75) is 39.9 Å². The summed E-state index contributed by atoms with van der Waals surface area (Å²) in [5, 5.41) is 0. The molecule has 146 valence electrons. The summed E-state index contributed by atoms with van der Waals surface area (Å²) in [6, 6.07) is 7.20. The van der Waals surface area contributed by atoms with Gasteiger partial charge in [0.05, 0.1) is 12.2 Å². The van der Waals surface area contributed by atoms with Crippen molar-refractivity contribution in [3.8, 4) is 0 Å². The van der Waals surface area contributed by atoms with Crippen LogP contribution < -0.4 is 4.90 Å². The predicted octanol–water partition coefficient (Wildman–Crippen LogP) is 2.90. The number of hydrogen-bond donors (Lipinski definition) is 0. The number of likely N-dealkylation sites (N-methyl/N-ethyl adjacent to an activating group) is 1. The van der Waals surface area contributed by atoms with Gasteiger partial charge in [-0.3, -0.25) is 19.5 Å². The highest BCUT2D eigenvalue weighted by Crippen LogP contribution is 2.40. The van der Waals surface area contributed by atoms with Crippen LogP contribution >= 0.6 is 0 Å². The molecular weight excluding hydrogens is 354 g/mol. The third-order valence-corrected chi connectivity index (χ3v) is 5.68. The van der Waals surface area contributed by atoms with Crippen LogP contribution in [0.2, 0.25) is 0 Å². The fourth-order valence-electron chi connectivity index (χ4n) is 4.13. The van der Waals surface area contributed by atoms with Gasteiger partial charge in [0.2, 0.25) is 5.96 Å². The third-order valence-electron chi connectivity index (χ3n) is 5.68. The molecule has 1 fully saturated rings. The van der Waals surface area contributed by atoms with E-state index in [9.17, 15) is 9.59 Å². The second-order valence-corrected chi connectivity index (χ2v) is 7.73. The van der Waals surface area contributed by atoms with Crippen LogP contribution in [0.3, 0.4) is 0 Å². The molecule has 1 aromatic carbocycles.